The molecule has 45 heavy (non-hydrogen) atoms. The highest BCUT2D eigenvalue weighted by Crippen LogP contribution is 2.41. The van der Waals surface area contributed by atoms with Gasteiger partial charge in [0, 0.05) is 67.0 Å². The zero-order valence-electron chi connectivity index (χ0n) is 24.7. The molecule has 2 aromatic carbocycles. The number of alkyl halides is 1. The van der Waals surface area contributed by atoms with E-state index in [0.29, 0.717) is 40.4 Å². The van der Waals surface area contributed by atoms with E-state index in [9.17, 15) is 18.7 Å². The average molecular weight is 613 g/mol. The van der Waals surface area contributed by atoms with Gasteiger partial charge >= 0.3 is 0 Å². The fourth-order valence-electron chi connectivity index (χ4n) is 8.26. The average Bonchev–Trinajstić information content (AvgIpc) is 3.55. The molecule has 4 atom stereocenters. The fraction of sp³-hybridized carbons (Fsp3) is 0.441. The van der Waals surface area contributed by atoms with Crippen LogP contribution in [0.4, 0.5) is 8.78 Å². The van der Waals surface area contributed by atoms with Crippen molar-refractivity contribution in [1.82, 2.24) is 30.3 Å². The molecule has 6 heterocycles. The minimum absolute atomic E-state index is 0.0197. The van der Waals surface area contributed by atoms with E-state index in [-0.39, 0.29) is 47.1 Å². The van der Waals surface area contributed by atoms with Gasteiger partial charge in [-0.2, -0.15) is 9.78 Å². The molecule has 11 heteroatoms. The number of ether oxygens (including phenoxy) is 1. The van der Waals surface area contributed by atoms with Crippen LogP contribution in [-0.4, -0.2) is 81.4 Å². The van der Waals surface area contributed by atoms with Crippen molar-refractivity contribution in [3.8, 4) is 29.7 Å². The summed E-state index contributed by atoms with van der Waals surface area (Å²) in [5.74, 6) is 2.06. The lowest BCUT2D eigenvalue weighted by Gasteiger charge is -2.40. The Morgan fingerprint density at radius 2 is 2.00 bits per heavy atom. The van der Waals surface area contributed by atoms with Crippen molar-refractivity contribution >= 4 is 21.5 Å². The van der Waals surface area contributed by atoms with Crippen LogP contribution in [0.15, 0.2) is 41.3 Å². The number of aromatic nitrogens is 3. The quantitative estimate of drug-likeness (QED) is 0.294. The number of phenolic OH excluding ortho intramolecular Hbond substituents is 1. The van der Waals surface area contributed by atoms with Crippen molar-refractivity contribution in [2.45, 2.75) is 61.8 Å². The summed E-state index contributed by atoms with van der Waals surface area (Å²) in [4.78, 5) is 21.5. The van der Waals surface area contributed by atoms with Crippen LogP contribution in [-0.2, 0) is 0 Å². The second kappa shape index (κ2) is 10.8. The topological polar surface area (TPSA) is 105 Å². The third kappa shape index (κ3) is 4.74. The Morgan fingerprint density at radius 1 is 1.18 bits per heavy atom. The standard InChI is InChI=1S/C34H34F2N6O3/c1-2-25-28(36)5-4-19-10-24(43)11-29(31(19)25)42-33(44)26-12-30(45-18-34-6-3-7-41(34)17-21(35)13-34)40-32(27(26)16-38-42)20-8-22-14-37-15-23(9-20)39-22/h1,4-5,10-12,16,20-23,37,39,43H,3,6-9,13-15,17-18H2/t20?,21-,22?,23?,34+/m1/s1. The van der Waals surface area contributed by atoms with Crippen LogP contribution < -0.4 is 20.9 Å². The van der Waals surface area contributed by atoms with E-state index in [0.717, 1.165) is 55.7 Å². The third-order valence-corrected chi connectivity index (χ3v) is 10.2. The molecule has 4 fully saturated rings. The SMILES string of the molecule is C#Cc1c(F)ccc2cc(O)cc(-n3ncc4c(C5CC6CNCC(C5)N6)nc(OC[C@@]56CCCN5C[C@H](F)C6)cc4c3=O)c12. The Labute approximate surface area is 258 Å². The maximum Gasteiger partial charge on any atom is 0.279 e. The van der Waals surface area contributed by atoms with Crippen molar-refractivity contribution in [2.75, 3.05) is 32.8 Å². The number of piperidine rings is 1. The Morgan fingerprint density at radius 3 is 2.80 bits per heavy atom. The molecule has 4 aliphatic rings. The highest BCUT2D eigenvalue weighted by atomic mass is 19.1. The number of fused-ring (bicyclic) bond motifs is 5. The van der Waals surface area contributed by atoms with E-state index in [1.165, 1.54) is 24.3 Å². The summed E-state index contributed by atoms with van der Waals surface area (Å²) in [6.07, 6.45) is 10.4. The molecule has 2 unspecified atom stereocenters. The van der Waals surface area contributed by atoms with E-state index < -0.39 is 17.5 Å². The number of aromatic hydroxyl groups is 1. The summed E-state index contributed by atoms with van der Waals surface area (Å²) < 4.78 is 36.9. The molecule has 8 rings (SSSR count). The first-order chi connectivity index (χ1) is 21.8. The minimum Gasteiger partial charge on any atom is -0.508 e. The van der Waals surface area contributed by atoms with E-state index in [1.807, 2.05) is 0 Å². The molecule has 0 spiro atoms. The fourth-order valence-corrected chi connectivity index (χ4v) is 8.26. The van der Waals surface area contributed by atoms with Crippen LogP contribution in [0.5, 0.6) is 11.6 Å². The van der Waals surface area contributed by atoms with Crippen LogP contribution in [0.2, 0.25) is 0 Å². The van der Waals surface area contributed by atoms with Crippen LogP contribution >= 0.6 is 0 Å². The third-order valence-electron chi connectivity index (χ3n) is 10.2. The highest BCUT2D eigenvalue weighted by Gasteiger charge is 2.49. The largest absolute Gasteiger partial charge is 0.508 e. The number of hydrogen-bond donors (Lipinski definition) is 3. The predicted molar refractivity (Wildman–Crippen MR) is 166 cm³/mol. The minimum atomic E-state index is -0.884. The van der Waals surface area contributed by atoms with Crippen molar-refractivity contribution in [3.05, 3.63) is 64.0 Å². The van der Waals surface area contributed by atoms with Gasteiger partial charge in [0.25, 0.3) is 5.56 Å². The van der Waals surface area contributed by atoms with Crippen molar-refractivity contribution < 1.29 is 18.6 Å². The number of rotatable bonds is 5. The molecule has 0 radical (unpaired) electrons. The van der Waals surface area contributed by atoms with Gasteiger partial charge in [0.1, 0.15) is 24.3 Å². The number of nitrogens with one attached hydrogen (secondary N) is 2. The van der Waals surface area contributed by atoms with Crippen LogP contribution in [0.3, 0.4) is 0 Å². The van der Waals surface area contributed by atoms with E-state index in [1.54, 1.807) is 12.3 Å². The number of hydrogen-bond acceptors (Lipinski definition) is 8. The monoisotopic (exact) mass is 612 g/mol. The smallest absolute Gasteiger partial charge is 0.279 e. The van der Waals surface area contributed by atoms with E-state index in [2.05, 4.69) is 26.6 Å². The van der Waals surface area contributed by atoms with Gasteiger partial charge in [-0.1, -0.05) is 12.0 Å². The zero-order valence-corrected chi connectivity index (χ0v) is 24.7. The lowest BCUT2D eigenvalue weighted by atomic mass is 9.82. The molecular weight excluding hydrogens is 578 g/mol. The summed E-state index contributed by atoms with van der Waals surface area (Å²) in [5, 5.41) is 24.0. The van der Waals surface area contributed by atoms with Gasteiger partial charge in [0.05, 0.1) is 34.1 Å². The van der Waals surface area contributed by atoms with Gasteiger partial charge in [-0.15, -0.1) is 6.42 Å². The summed E-state index contributed by atoms with van der Waals surface area (Å²) in [7, 11) is 0. The van der Waals surface area contributed by atoms with Crippen molar-refractivity contribution in [2.24, 2.45) is 0 Å². The molecule has 4 saturated heterocycles. The molecule has 4 aliphatic heterocycles. The molecule has 2 bridgehead atoms. The Kier molecular flexibility index (Phi) is 6.78. The molecule has 3 N–H and O–H groups in total. The van der Waals surface area contributed by atoms with Gasteiger partial charge in [0.2, 0.25) is 5.88 Å². The lowest BCUT2D eigenvalue weighted by molar-refractivity contribution is 0.110. The highest BCUT2D eigenvalue weighted by molar-refractivity contribution is 5.96. The Bertz CT molecular complexity index is 1930. The molecule has 9 nitrogen and oxygen atoms in total. The first-order valence-corrected chi connectivity index (χ1v) is 15.7. The summed E-state index contributed by atoms with van der Waals surface area (Å²) >= 11 is 0. The zero-order chi connectivity index (χ0) is 30.9. The second-order valence-corrected chi connectivity index (χ2v) is 13.0. The summed E-state index contributed by atoms with van der Waals surface area (Å²) in [6.45, 7) is 3.26. The first-order valence-electron chi connectivity index (χ1n) is 15.7. The van der Waals surface area contributed by atoms with Gasteiger partial charge in [0.15, 0.2) is 0 Å². The van der Waals surface area contributed by atoms with Crippen LogP contribution in [0, 0.1) is 18.2 Å². The van der Waals surface area contributed by atoms with Gasteiger partial charge in [-0.3, -0.25) is 9.69 Å². The van der Waals surface area contributed by atoms with Crippen LogP contribution in [0.25, 0.3) is 27.2 Å². The Hall–Kier alpha value is -4.11. The Balaban J connectivity index is 1.28. The second-order valence-electron chi connectivity index (χ2n) is 13.0. The number of piperazine rings is 1. The van der Waals surface area contributed by atoms with Gasteiger partial charge in [-0.05, 0) is 49.7 Å². The summed E-state index contributed by atoms with van der Waals surface area (Å²) in [6, 6.07) is 7.77. The molecule has 4 aromatic rings. The molecule has 232 valence electrons. The van der Waals surface area contributed by atoms with E-state index >= 15 is 0 Å². The maximum absolute atomic E-state index is 14.8. The molecule has 0 amide bonds. The molecular formula is C34H34F2N6O3. The summed E-state index contributed by atoms with van der Waals surface area (Å²) in [5.41, 5.74) is 0.0647. The molecule has 0 aliphatic carbocycles. The number of terminal acetylenes is 1. The maximum atomic E-state index is 14.8. The van der Waals surface area contributed by atoms with E-state index in [4.69, 9.17) is 16.1 Å². The van der Waals surface area contributed by atoms with Crippen LogP contribution in [0.1, 0.15) is 49.3 Å². The van der Waals surface area contributed by atoms with Gasteiger partial charge in [-0.25, -0.2) is 13.8 Å². The number of halogens is 2. The number of benzene rings is 2. The first kappa shape index (κ1) is 28.4. The number of pyridine rings is 1. The van der Waals surface area contributed by atoms with Crippen molar-refractivity contribution in [3.63, 3.8) is 0 Å². The molecule has 2 aromatic heterocycles. The lowest BCUT2D eigenvalue weighted by Crippen LogP contribution is -2.58. The predicted octanol–water partition coefficient (Wildman–Crippen LogP) is 3.52. The number of nitrogens with zero attached hydrogens (tertiary/aromatic N) is 4. The van der Waals surface area contributed by atoms with Crippen molar-refractivity contribution in [1.29, 1.82) is 0 Å². The normalized spacial score (nSPS) is 27.9. The van der Waals surface area contributed by atoms with Gasteiger partial charge < -0.3 is 20.5 Å². The number of phenols is 1. The molecule has 0 saturated carbocycles.